The molecule has 24 heavy (non-hydrogen) atoms. The third-order valence-electron chi connectivity index (χ3n) is 3.63. The number of methoxy groups -OCH3 is 2. The lowest BCUT2D eigenvalue weighted by molar-refractivity contribution is -0.386. The van der Waals surface area contributed by atoms with Gasteiger partial charge < -0.3 is 14.8 Å². The Bertz CT molecular complexity index is 578. The molecule has 0 aliphatic rings. The number of nitro benzene ring substituents is 1. The number of rotatable bonds is 8. The maximum atomic E-state index is 12.5. The molecule has 0 fully saturated rings. The quantitative estimate of drug-likeness (QED) is 0.434. The Labute approximate surface area is 147 Å². The van der Waals surface area contributed by atoms with Crippen LogP contribution in [0.1, 0.15) is 31.1 Å². The molecule has 8 nitrogen and oxygen atoms in total. The zero-order valence-corrected chi connectivity index (χ0v) is 15.3. The smallest absolute Gasteiger partial charge is 0.323 e. The monoisotopic (exact) mass is 361 g/mol. The van der Waals surface area contributed by atoms with Gasteiger partial charge in [-0.15, -0.1) is 12.4 Å². The number of benzene rings is 1. The number of halogens is 1. The number of ether oxygens (including phenoxy) is 2. The first-order chi connectivity index (χ1) is 10.9. The lowest BCUT2D eigenvalue weighted by atomic mass is 10.1. The van der Waals surface area contributed by atoms with Crippen LogP contribution in [0.25, 0.3) is 0 Å². The van der Waals surface area contributed by atoms with Gasteiger partial charge in [-0.3, -0.25) is 19.8 Å². The summed E-state index contributed by atoms with van der Waals surface area (Å²) in [6, 6.07) is 2.72. The van der Waals surface area contributed by atoms with Crippen LogP contribution < -0.4 is 14.8 Å². The first-order valence-corrected chi connectivity index (χ1v) is 7.34. The maximum absolute atomic E-state index is 12.5. The molecule has 1 N–H and O–H groups in total. The van der Waals surface area contributed by atoms with E-state index in [1.807, 2.05) is 25.7 Å². The molecule has 0 saturated heterocycles. The Morgan fingerprint density at radius 2 is 1.88 bits per heavy atom. The van der Waals surface area contributed by atoms with Crippen LogP contribution in [-0.2, 0) is 0 Å². The summed E-state index contributed by atoms with van der Waals surface area (Å²) in [4.78, 5) is 25.2. The van der Waals surface area contributed by atoms with Crippen molar-refractivity contribution in [1.29, 1.82) is 0 Å². The third-order valence-corrected chi connectivity index (χ3v) is 3.63. The molecule has 0 aromatic heterocycles. The van der Waals surface area contributed by atoms with Crippen molar-refractivity contribution in [3.63, 3.8) is 0 Å². The highest BCUT2D eigenvalue weighted by Crippen LogP contribution is 2.35. The molecule has 0 aliphatic carbocycles. The topological polar surface area (TPSA) is 93.9 Å². The molecule has 136 valence electrons. The highest BCUT2D eigenvalue weighted by atomic mass is 35.5. The Morgan fingerprint density at radius 3 is 2.29 bits per heavy atom. The van der Waals surface area contributed by atoms with Gasteiger partial charge in [-0.05, 0) is 20.0 Å². The number of carbonyl (C=O) groups excluding carboxylic acids is 1. The van der Waals surface area contributed by atoms with E-state index in [4.69, 9.17) is 9.47 Å². The van der Waals surface area contributed by atoms with E-state index in [0.29, 0.717) is 5.75 Å². The molecule has 1 aromatic rings. The van der Waals surface area contributed by atoms with E-state index in [0.717, 1.165) is 13.1 Å². The van der Waals surface area contributed by atoms with Crippen molar-refractivity contribution in [2.24, 2.45) is 0 Å². The maximum Gasteiger partial charge on any atom is 0.323 e. The van der Waals surface area contributed by atoms with E-state index in [1.54, 1.807) is 0 Å². The van der Waals surface area contributed by atoms with Crippen LogP contribution in [0.2, 0.25) is 0 Å². The standard InChI is InChI=1S/C15H23N3O5.ClH/c1-6-17(7-2)10(3)16-15(19)12-8-11(22-4)9-13(23-5)14(12)18(20)21;/h8-10H,6-7H2,1-5H3,(H,16,19);1H. The lowest BCUT2D eigenvalue weighted by Gasteiger charge is -2.27. The minimum absolute atomic E-state index is 0. The summed E-state index contributed by atoms with van der Waals surface area (Å²) in [6.45, 7) is 7.28. The van der Waals surface area contributed by atoms with Gasteiger partial charge in [-0.1, -0.05) is 13.8 Å². The zero-order chi connectivity index (χ0) is 17.6. The molecule has 0 heterocycles. The van der Waals surface area contributed by atoms with Crippen LogP contribution in [0.15, 0.2) is 12.1 Å². The normalized spacial score (nSPS) is 11.4. The number of hydrogen-bond acceptors (Lipinski definition) is 6. The largest absolute Gasteiger partial charge is 0.497 e. The van der Waals surface area contributed by atoms with Crippen molar-refractivity contribution < 1.29 is 19.2 Å². The Hall–Kier alpha value is -2.06. The summed E-state index contributed by atoms with van der Waals surface area (Å²) in [5, 5.41) is 14.1. The van der Waals surface area contributed by atoms with E-state index in [9.17, 15) is 14.9 Å². The fourth-order valence-corrected chi connectivity index (χ4v) is 2.35. The molecule has 9 heteroatoms. The van der Waals surface area contributed by atoms with Gasteiger partial charge in [0.25, 0.3) is 5.91 Å². The summed E-state index contributed by atoms with van der Waals surface area (Å²) < 4.78 is 10.1. The molecule has 0 radical (unpaired) electrons. The molecule has 0 bridgehead atoms. The number of carbonyl (C=O) groups is 1. The van der Waals surface area contributed by atoms with Crippen LogP contribution in [0, 0.1) is 10.1 Å². The van der Waals surface area contributed by atoms with Gasteiger partial charge in [0.05, 0.1) is 25.3 Å². The first-order valence-electron chi connectivity index (χ1n) is 7.34. The van der Waals surface area contributed by atoms with Gasteiger partial charge in [-0.25, -0.2) is 0 Å². The average molecular weight is 362 g/mol. The Balaban J connectivity index is 0.00000529. The molecule has 1 rings (SSSR count). The van der Waals surface area contributed by atoms with Gasteiger partial charge >= 0.3 is 5.69 Å². The number of amides is 1. The highest BCUT2D eigenvalue weighted by molar-refractivity contribution is 5.99. The van der Waals surface area contributed by atoms with Crippen molar-refractivity contribution in [3.05, 3.63) is 27.8 Å². The summed E-state index contributed by atoms with van der Waals surface area (Å²) >= 11 is 0. The molecule has 0 saturated carbocycles. The Kier molecular flexibility index (Phi) is 9.09. The van der Waals surface area contributed by atoms with E-state index in [2.05, 4.69) is 5.32 Å². The van der Waals surface area contributed by atoms with Gasteiger partial charge in [0.1, 0.15) is 11.3 Å². The van der Waals surface area contributed by atoms with Gasteiger partial charge in [0, 0.05) is 12.1 Å². The summed E-state index contributed by atoms with van der Waals surface area (Å²) in [5.74, 6) is -0.253. The van der Waals surface area contributed by atoms with Gasteiger partial charge in [0.2, 0.25) is 5.75 Å². The molecule has 1 unspecified atom stereocenters. The van der Waals surface area contributed by atoms with E-state index < -0.39 is 10.8 Å². The van der Waals surface area contributed by atoms with Crippen LogP contribution in [0.3, 0.4) is 0 Å². The molecule has 1 atom stereocenters. The van der Waals surface area contributed by atoms with Crippen LogP contribution in [0.5, 0.6) is 11.5 Å². The minimum Gasteiger partial charge on any atom is -0.497 e. The number of nitro groups is 1. The summed E-state index contributed by atoms with van der Waals surface area (Å²) in [7, 11) is 2.73. The van der Waals surface area contributed by atoms with Crippen LogP contribution in [0.4, 0.5) is 5.69 Å². The highest BCUT2D eigenvalue weighted by Gasteiger charge is 2.28. The molecular formula is C15H24ClN3O5. The fraction of sp³-hybridized carbons (Fsp3) is 0.533. The number of hydrogen-bond donors (Lipinski definition) is 1. The second-order valence-corrected chi connectivity index (χ2v) is 4.85. The Morgan fingerprint density at radius 1 is 1.29 bits per heavy atom. The third kappa shape index (κ3) is 4.97. The van der Waals surface area contributed by atoms with Crippen molar-refractivity contribution in [3.8, 4) is 11.5 Å². The summed E-state index contributed by atoms with van der Waals surface area (Å²) in [5.41, 5.74) is -0.470. The van der Waals surface area contributed by atoms with Crippen molar-refractivity contribution in [2.45, 2.75) is 26.9 Å². The molecule has 0 spiro atoms. The summed E-state index contributed by atoms with van der Waals surface area (Å²) in [6.07, 6.45) is -0.255. The second kappa shape index (κ2) is 9.94. The molecular weight excluding hydrogens is 338 g/mol. The molecule has 1 aromatic carbocycles. The van der Waals surface area contributed by atoms with Crippen molar-refractivity contribution in [2.75, 3.05) is 27.3 Å². The minimum atomic E-state index is -0.630. The van der Waals surface area contributed by atoms with E-state index >= 15 is 0 Å². The van der Waals surface area contributed by atoms with Crippen molar-refractivity contribution in [1.82, 2.24) is 10.2 Å². The second-order valence-electron chi connectivity index (χ2n) is 4.85. The molecule has 0 aliphatic heterocycles. The van der Waals surface area contributed by atoms with E-state index in [-0.39, 0.29) is 35.6 Å². The zero-order valence-electron chi connectivity index (χ0n) is 14.5. The van der Waals surface area contributed by atoms with Gasteiger partial charge in [0.15, 0.2) is 0 Å². The fourth-order valence-electron chi connectivity index (χ4n) is 2.35. The predicted octanol–water partition coefficient (Wildman–Crippen LogP) is 2.45. The predicted molar refractivity (Wildman–Crippen MR) is 93.3 cm³/mol. The van der Waals surface area contributed by atoms with Crippen LogP contribution >= 0.6 is 12.4 Å². The lowest BCUT2D eigenvalue weighted by Crippen LogP contribution is -2.46. The van der Waals surface area contributed by atoms with Crippen LogP contribution in [-0.4, -0.2) is 49.2 Å². The van der Waals surface area contributed by atoms with E-state index in [1.165, 1.54) is 26.4 Å². The molecule has 1 amide bonds. The average Bonchev–Trinajstić information content (AvgIpc) is 2.54. The SMILES string of the molecule is CCN(CC)C(C)NC(=O)c1cc(OC)cc(OC)c1[N+](=O)[O-].Cl. The first kappa shape index (κ1) is 21.9. The number of nitrogens with one attached hydrogen (secondary N) is 1. The van der Waals surface area contributed by atoms with Crippen molar-refractivity contribution >= 4 is 24.0 Å². The number of nitrogens with zero attached hydrogens (tertiary/aromatic N) is 2. The van der Waals surface area contributed by atoms with Gasteiger partial charge in [-0.2, -0.15) is 0 Å².